The third-order valence-corrected chi connectivity index (χ3v) is 6.15. The van der Waals surface area contributed by atoms with Gasteiger partial charge in [-0.3, -0.25) is 9.59 Å². The summed E-state index contributed by atoms with van der Waals surface area (Å²) >= 11 is 0. The molecular weight excluding hydrogens is 403 g/mol. The van der Waals surface area contributed by atoms with Crippen molar-refractivity contribution < 1.29 is 26.9 Å². The highest BCUT2D eigenvalue weighted by molar-refractivity contribution is 7.91. The highest BCUT2D eigenvalue weighted by Gasteiger charge is 2.28. The average Bonchev–Trinajstić information content (AvgIpc) is 3.15. The molecule has 1 aromatic carbocycles. The fourth-order valence-corrected chi connectivity index (χ4v) is 4.08. The Balaban J connectivity index is 1.47. The van der Waals surface area contributed by atoms with E-state index in [1.165, 1.54) is 29.2 Å². The van der Waals surface area contributed by atoms with Crippen molar-refractivity contribution in [1.29, 1.82) is 0 Å². The fourth-order valence-electron chi connectivity index (χ4n) is 2.88. The molecule has 156 valence electrons. The molecule has 0 bridgehead atoms. The van der Waals surface area contributed by atoms with Crippen molar-refractivity contribution in [1.82, 2.24) is 20.4 Å². The molecule has 1 aromatic heterocycles. The number of carbonyl (C=O) groups excluding carboxylic acids is 2. The summed E-state index contributed by atoms with van der Waals surface area (Å²) in [4.78, 5) is 30.1. The van der Waals surface area contributed by atoms with Crippen molar-refractivity contribution >= 4 is 21.7 Å². The van der Waals surface area contributed by atoms with Crippen molar-refractivity contribution in [2.45, 2.75) is 25.8 Å². The van der Waals surface area contributed by atoms with Gasteiger partial charge >= 0.3 is 0 Å². The first kappa shape index (κ1) is 20.9. The summed E-state index contributed by atoms with van der Waals surface area (Å²) in [6, 6.07) is 4.86. The number of nitrogens with zero attached hydrogens (tertiary/aromatic N) is 3. The maximum Gasteiger partial charge on any atom is 0.244 e. The molecule has 1 aliphatic heterocycles. The number of halogens is 1. The van der Waals surface area contributed by atoms with Gasteiger partial charge in [-0.05, 0) is 31.2 Å². The van der Waals surface area contributed by atoms with Crippen molar-refractivity contribution in [3.63, 3.8) is 0 Å². The topological polar surface area (TPSA) is 122 Å². The summed E-state index contributed by atoms with van der Waals surface area (Å²) in [6.45, 7) is 1.83. The number of aromatic nitrogens is 2. The van der Waals surface area contributed by atoms with Gasteiger partial charge in [-0.25, -0.2) is 12.8 Å². The lowest BCUT2D eigenvalue weighted by molar-refractivity contribution is -0.135. The average molecular weight is 424 g/mol. The maximum absolute atomic E-state index is 13.0. The molecule has 1 atom stereocenters. The highest BCUT2D eigenvalue weighted by Crippen LogP contribution is 2.16. The van der Waals surface area contributed by atoms with Crippen molar-refractivity contribution in [3.05, 3.63) is 36.0 Å². The Morgan fingerprint density at radius 3 is 2.55 bits per heavy atom. The summed E-state index contributed by atoms with van der Waals surface area (Å²) in [5.74, 6) is -0.630. The summed E-state index contributed by atoms with van der Waals surface area (Å²) in [5.41, 5.74) is 0.591. The van der Waals surface area contributed by atoms with Gasteiger partial charge in [-0.1, -0.05) is 5.16 Å². The number of hydrogen-bond acceptors (Lipinski definition) is 7. The molecule has 9 nitrogen and oxygen atoms in total. The number of benzene rings is 1. The molecule has 1 fully saturated rings. The Hall–Kier alpha value is -2.82. The predicted molar refractivity (Wildman–Crippen MR) is 101 cm³/mol. The minimum absolute atomic E-state index is 0.0387. The number of hydrogen-bond donors (Lipinski definition) is 1. The molecule has 29 heavy (non-hydrogen) atoms. The van der Waals surface area contributed by atoms with E-state index in [-0.39, 0.29) is 61.0 Å². The van der Waals surface area contributed by atoms with E-state index in [9.17, 15) is 22.4 Å². The zero-order chi connectivity index (χ0) is 21.0. The Labute approximate surface area is 167 Å². The van der Waals surface area contributed by atoms with Gasteiger partial charge in [0.15, 0.2) is 9.84 Å². The lowest BCUT2D eigenvalue weighted by atomic mass is 10.2. The number of sulfone groups is 1. The standard InChI is InChI=1S/C18H21FN4O5S/c1-12(18(25)23-8-10-29(26,27)11-9-23)20-15(24)6-7-16-21-17(22-28-16)13-2-4-14(19)5-3-13/h2-5,12H,6-11H2,1H3,(H,20,24). The maximum atomic E-state index is 13.0. The van der Waals surface area contributed by atoms with Crippen LogP contribution in [-0.2, 0) is 25.8 Å². The van der Waals surface area contributed by atoms with Gasteiger partial charge in [-0.2, -0.15) is 4.98 Å². The zero-order valence-electron chi connectivity index (χ0n) is 15.8. The van der Waals surface area contributed by atoms with Crippen LogP contribution < -0.4 is 5.32 Å². The number of amides is 2. The van der Waals surface area contributed by atoms with Crippen LogP contribution in [0.3, 0.4) is 0 Å². The van der Waals surface area contributed by atoms with Crippen molar-refractivity contribution in [2.24, 2.45) is 0 Å². The number of aryl methyl sites for hydroxylation is 1. The molecule has 0 spiro atoms. The van der Waals surface area contributed by atoms with Crippen molar-refractivity contribution in [3.8, 4) is 11.4 Å². The number of carbonyl (C=O) groups is 2. The molecule has 2 aromatic rings. The number of rotatable bonds is 6. The Morgan fingerprint density at radius 1 is 1.24 bits per heavy atom. The molecule has 0 aliphatic carbocycles. The van der Waals surface area contributed by atoms with Crippen LogP contribution in [0.1, 0.15) is 19.2 Å². The van der Waals surface area contributed by atoms with E-state index in [0.717, 1.165) is 0 Å². The second-order valence-corrected chi connectivity index (χ2v) is 9.09. The lowest BCUT2D eigenvalue weighted by Crippen LogP contribution is -2.51. The van der Waals surface area contributed by atoms with Gasteiger partial charge in [0.05, 0.1) is 11.5 Å². The third-order valence-electron chi connectivity index (χ3n) is 4.54. The summed E-state index contributed by atoms with van der Waals surface area (Å²) < 4.78 is 41.0. The monoisotopic (exact) mass is 424 g/mol. The largest absolute Gasteiger partial charge is 0.345 e. The minimum atomic E-state index is -3.08. The summed E-state index contributed by atoms with van der Waals surface area (Å²) in [7, 11) is -3.08. The Morgan fingerprint density at radius 2 is 1.90 bits per heavy atom. The highest BCUT2D eigenvalue weighted by atomic mass is 32.2. The van der Waals surface area contributed by atoms with E-state index in [1.54, 1.807) is 6.92 Å². The second kappa shape index (κ2) is 8.68. The predicted octanol–water partition coefficient (Wildman–Crippen LogP) is 0.570. The summed E-state index contributed by atoms with van der Waals surface area (Å²) in [6.07, 6.45) is 0.222. The third kappa shape index (κ3) is 5.59. The molecule has 1 unspecified atom stereocenters. The van der Waals surface area contributed by atoms with Gasteiger partial charge in [-0.15, -0.1) is 0 Å². The van der Waals surface area contributed by atoms with Crippen LogP contribution in [0.15, 0.2) is 28.8 Å². The van der Waals surface area contributed by atoms with Gasteiger partial charge in [0.2, 0.25) is 23.5 Å². The Kier molecular flexibility index (Phi) is 6.26. The molecule has 2 heterocycles. The molecule has 1 aliphatic rings. The normalized spacial score (nSPS) is 17.0. The molecule has 11 heteroatoms. The van der Waals surface area contributed by atoms with Gasteiger partial charge < -0.3 is 14.7 Å². The van der Waals surface area contributed by atoms with E-state index in [4.69, 9.17) is 4.52 Å². The van der Waals surface area contributed by atoms with Crippen LogP contribution in [0.25, 0.3) is 11.4 Å². The van der Waals surface area contributed by atoms with Gasteiger partial charge in [0, 0.05) is 31.5 Å². The molecule has 0 saturated carbocycles. The smallest absolute Gasteiger partial charge is 0.244 e. The van der Waals surface area contributed by atoms with Crippen molar-refractivity contribution in [2.75, 3.05) is 24.6 Å². The van der Waals surface area contributed by atoms with E-state index in [1.807, 2.05) is 0 Å². The van der Waals surface area contributed by atoms with E-state index in [0.29, 0.717) is 11.4 Å². The van der Waals surface area contributed by atoms with Gasteiger partial charge in [0.25, 0.3) is 0 Å². The van der Waals surface area contributed by atoms with Crippen LogP contribution in [0.5, 0.6) is 0 Å². The minimum Gasteiger partial charge on any atom is -0.345 e. The lowest BCUT2D eigenvalue weighted by Gasteiger charge is -2.29. The van der Waals surface area contributed by atoms with Gasteiger partial charge in [0.1, 0.15) is 11.9 Å². The van der Waals surface area contributed by atoms with E-state index in [2.05, 4.69) is 15.5 Å². The molecule has 1 saturated heterocycles. The van der Waals surface area contributed by atoms with Crippen LogP contribution in [0.2, 0.25) is 0 Å². The zero-order valence-corrected chi connectivity index (χ0v) is 16.6. The first-order chi connectivity index (χ1) is 13.7. The SMILES string of the molecule is CC(NC(=O)CCc1nc(-c2ccc(F)cc2)no1)C(=O)N1CCS(=O)(=O)CC1. The van der Waals surface area contributed by atoms with Crippen LogP contribution in [-0.4, -0.2) is 65.9 Å². The molecule has 1 N–H and O–H groups in total. The quantitative estimate of drug-likeness (QED) is 0.719. The van der Waals surface area contributed by atoms with Crippen LogP contribution in [0, 0.1) is 5.82 Å². The van der Waals surface area contributed by atoms with E-state index < -0.39 is 15.9 Å². The molecule has 2 amide bonds. The summed E-state index contributed by atoms with van der Waals surface area (Å²) in [5, 5.41) is 6.41. The fraction of sp³-hybridized carbons (Fsp3) is 0.444. The number of nitrogens with one attached hydrogen (secondary N) is 1. The molecule has 0 radical (unpaired) electrons. The van der Waals surface area contributed by atoms with Crippen LogP contribution in [0.4, 0.5) is 4.39 Å². The van der Waals surface area contributed by atoms with Crippen LogP contribution >= 0.6 is 0 Å². The second-order valence-electron chi connectivity index (χ2n) is 6.78. The molecule has 3 rings (SSSR count). The first-order valence-electron chi connectivity index (χ1n) is 9.10. The first-order valence-corrected chi connectivity index (χ1v) is 10.9. The molecular formula is C18H21FN4O5S. The van der Waals surface area contributed by atoms with E-state index >= 15 is 0 Å². The Bertz CT molecular complexity index is 976.